The SMILES string of the molecule is CCCCc1ccc2c(c1)CCC2NC[C@H](O)c1ccc(O)c2[nH]c(=O)ccc12. The fourth-order valence-electron chi connectivity index (χ4n) is 4.33. The van der Waals surface area contributed by atoms with E-state index in [1.165, 1.54) is 41.7 Å². The van der Waals surface area contributed by atoms with E-state index in [2.05, 4.69) is 35.4 Å². The van der Waals surface area contributed by atoms with Gasteiger partial charge in [0.1, 0.15) is 5.75 Å². The lowest BCUT2D eigenvalue weighted by Gasteiger charge is -2.19. The van der Waals surface area contributed by atoms with Crippen molar-refractivity contribution >= 4 is 10.9 Å². The van der Waals surface area contributed by atoms with Gasteiger partial charge in [0.15, 0.2) is 0 Å². The largest absolute Gasteiger partial charge is 0.506 e. The van der Waals surface area contributed by atoms with Crippen LogP contribution in [0.15, 0.2) is 47.3 Å². The number of aromatic amines is 1. The zero-order valence-corrected chi connectivity index (χ0v) is 16.7. The minimum Gasteiger partial charge on any atom is -0.506 e. The predicted octanol–water partition coefficient (Wildman–Crippen LogP) is 3.89. The fourth-order valence-corrected chi connectivity index (χ4v) is 4.33. The van der Waals surface area contributed by atoms with Gasteiger partial charge in [-0.1, -0.05) is 37.6 Å². The first-order chi connectivity index (χ1) is 14.1. The summed E-state index contributed by atoms with van der Waals surface area (Å²) in [6.45, 7) is 2.62. The second kappa shape index (κ2) is 8.39. The minimum atomic E-state index is -0.739. The Bertz CT molecular complexity index is 1070. The van der Waals surface area contributed by atoms with Crippen LogP contribution in [-0.2, 0) is 12.8 Å². The number of hydrogen-bond donors (Lipinski definition) is 4. The second-order valence-electron chi connectivity index (χ2n) is 7.94. The topological polar surface area (TPSA) is 85.3 Å². The van der Waals surface area contributed by atoms with Crippen LogP contribution in [-0.4, -0.2) is 21.7 Å². The van der Waals surface area contributed by atoms with Gasteiger partial charge in [-0.15, -0.1) is 0 Å². The van der Waals surface area contributed by atoms with E-state index in [0.717, 1.165) is 19.3 Å². The molecule has 1 aromatic heterocycles. The van der Waals surface area contributed by atoms with Crippen molar-refractivity contribution in [3.05, 3.63) is 75.1 Å². The Morgan fingerprint density at radius 1 is 1.21 bits per heavy atom. The van der Waals surface area contributed by atoms with E-state index < -0.39 is 6.10 Å². The van der Waals surface area contributed by atoms with Crippen molar-refractivity contribution in [1.29, 1.82) is 0 Å². The lowest BCUT2D eigenvalue weighted by atomic mass is 10.0. The summed E-state index contributed by atoms with van der Waals surface area (Å²) in [5.41, 5.74) is 4.93. The number of phenolic OH excluding ortho intramolecular Hbond substituents is 1. The van der Waals surface area contributed by atoms with Crippen LogP contribution in [0.4, 0.5) is 0 Å². The third-order valence-corrected chi connectivity index (χ3v) is 5.93. The number of aromatic nitrogens is 1. The van der Waals surface area contributed by atoms with Crippen molar-refractivity contribution in [2.75, 3.05) is 6.54 Å². The van der Waals surface area contributed by atoms with Crippen molar-refractivity contribution in [2.45, 2.75) is 51.2 Å². The predicted molar refractivity (Wildman–Crippen MR) is 115 cm³/mol. The monoisotopic (exact) mass is 392 g/mol. The maximum Gasteiger partial charge on any atom is 0.248 e. The molecule has 3 aromatic rings. The molecule has 1 heterocycles. The van der Waals surface area contributed by atoms with Crippen LogP contribution >= 0.6 is 0 Å². The van der Waals surface area contributed by atoms with E-state index >= 15 is 0 Å². The molecule has 1 aliphatic carbocycles. The van der Waals surface area contributed by atoms with E-state index in [1.54, 1.807) is 12.1 Å². The molecule has 5 nitrogen and oxygen atoms in total. The van der Waals surface area contributed by atoms with E-state index in [0.29, 0.717) is 23.0 Å². The Hall–Kier alpha value is -2.63. The van der Waals surface area contributed by atoms with E-state index in [4.69, 9.17) is 0 Å². The lowest BCUT2D eigenvalue weighted by Crippen LogP contribution is -2.25. The molecule has 0 bridgehead atoms. The molecule has 1 aliphatic rings. The molecule has 0 spiro atoms. The first-order valence-electron chi connectivity index (χ1n) is 10.4. The molecule has 4 rings (SSSR count). The number of aryl methyl sites for hydroxylation is 2. The van der Waals surface area contributed by atoms with Gasteiger partial charge in [0.25, 0.3) is 0 Å². The summed E-state index contributed by atoms with van der Waals surface area (Å²) in [4.78, 5) is 14.2. The van der Waals surface area contributed by atoms with Gasteiger partial charge < -0.3 is 20.5 Å². The van der Waals surface area contributed by atoms with Gasteiger partial charge in [-0.2, -0.15) is 0 Å². The summed E-state index contributed by atoms with van der Waals surface area (Å²) < 4.78 is 0. The number of aliphatic hydroxyl groups excluding tert-OH is 1. The normalized spacial score (nSPS) is 16.8. The van der Waals surface area contributed by atoms with Crippen molar-refractivity contribution < 1.29 is 10.2 Å². The molecular formula is C24H28N2O3. The summed E-state index contributed by atoms with van der Waals surface area (Å²) in [5.74, 6) is 0.00482. The number of benzene rings is 2. The van der Waals surface area contributed by atoms with Gasteiger partial charge in [0.2, 0.25) is 5.56 Å². The number of aliphatic hydroxyl groups is 1. The standard InChI is InChI=1S/C24H28N2O3/c1-2-3-4-15-5-7-17-16(13-15)6-10-20(17)25-14-22(28)18-8-11-21(27)24-19(18)9-12-23(29)26-24/h5,7-9,11-13,20,22,25,27-28H,2-4,6,10,14H2,1H3,(H,26,29)/t20?,22-/m0/s1. The first kappa shape index (κ1) is 19.7. The molecule has 2 atom stereocenters. The van der Waals surface area contributed by atoms with Crippen molar-refractivity contribution in [3.63, 3.8) is 0 Å². The van der Waals surface area contributed by atoms with Crippen LogP contribution in [0.1, 0.15) is 60.6 Å². The molecule has 0 saturated carbocycles. The lowest BCUT2D eigenvalue weighted by molar-refractivity contribution is 0.171. The number of H-pyrrole nitrogens is 1. The zero-order chi connectivity index (χ0) is 20.4. The number of phenols is 1. The van der Waals surface area contributed by atoms with Gasteiger partial charge in [0, 0.05) is 24.0 Å². The van der Waals surface area contributed by atoms with Crippen LogP contribution < -0.4 is 10.9 Å². The molecular weight excluding hydrogens is 364 g/mol. The summed E-state index contributed by atoms with van der Waals surface area (Å²) in [6.07, 6.45) is 4.92. The first-order valence-corrected chi connectivity index (χ1v) is 10.4. The molecule has 4 N–H and O–H groups in total. The van der Waals surface area contributed by atoms with Gasteiger partial charge >= 0.3 is 0 Å². The average Bonchev–Trinajstić information content (AvgIpc) is 3.13. The van der Waals surface area contributed by atoms with Gasteiger partial charge in [-0.25, -0.2) is 0 Å². The summed E-state index contributed by atoms with van der Waals surface area (Å²) in [7, 11) is 0. The van der Waals surface area contributed by atoms with Crippen LogP contribution in [0.5, 0.6) is 5.75 Å². The van der Waals surface area contributed by atoms with E-state index in [9.17, 15) is 15.0 Å². The summed E-state index contributed by atoms with van der Waals surface area (Å²) in [5, 5.41) is 25.0. The number of unbranched alkanes of at least 4 members (excludes halogenated alkanes) is 1. The van der Waals surface area contributed by atoms with Crippen LogP contribution in [0.3, 0.4) is 0 Å². The zero-order valence-electron chi connectivity index (χ0n) is 16.7. The Labute approximate surface area is 170 Å². The molecule has 152 valence electrons. The maximum atomic E-state index is 11.6. The van der Waals surface area contributed by atoms with Crippen molar-refractivity contribution in [2.24, 2.45) is 0 Å². The highest BCUT2D eigenvalue weighted by atomic mass is 16.3. The molecule has 0 radical (unpaired) electrons. The number of pyridine rings is 1. The van der Waals surface area contributed by atoms with Crippen molar-refractivity contribution in [3.8, 4) is 5.75 Å². The Kier molecular flexibility index (Phi) is 5.69. The molecule has 1 unspecified atom stereocenters. The number of fused-ring (bicyclic) bond motifs is 2. The molecule has 0 saturated heterocycles. The Balaban J connectivity index is 1.48. The molecule has 0 aliphatic heterocycles. The number of nitrogens with one attached hydrogen (secondary N) is 2. The highest BCUT2D eigenvalue weighted by molar-refractivity contribution is 5.87. The van der Waals surface area contributed by atoms with Gasteiger partial charge in [0.05, 0.1) is 11.6 Å². The highest BCUT2D eigenvalue weighted by Gasteiger charge is 2.23. The quantitative estimate of drug-likeness (QED) is 0.491. The second-order valence-corrected chi connectivity index (χ2v) is 7.94. The smallest absolute Gasteiger partial charge is 0.248 e. The Morgan fingerprint density at radius 3 is 2.90 bits per heavy atom. The summed E-state index contributed by atoms with van der Waals surface area (Å²) >= 11 is 0. The highest BCUT2D eigenvalue weighted by Crippen LogP contribution is 2.33. The average molecular weight is 392 g/mol. The number of aromatic hydroxyl groups is 1. The molecule has 0 amide bonds. The molecule has 29 heavy (non-hydrogen) atoms. The third-order valence-electron chi connectivity index (χ3n) is 5.93. The van der Waals surface area contributed by atoms with Crippen LogP contribution in [0, 0.1) is 0 Å². The van der Waals surface area contributed by atoms with Gasteiger partial charge in [-0.05, 0) is 60.1 Å². The van der Waals surface area contributed by atoms with Crippen molar-refractivity contribution in [1.82, 2.24) is 10.3 Å². The Morgan fingerprint density at radius 2 is 2.07 bits per heavy atom. The molecule has 2 aromatic carbocycles. The van der Waals surface area contributed by atoms with Gasteiger partial charge in [-0.3, -0.25) is 4.79 Å². The van der Waals surface area contributed by atoms with E-state index in [1.807, 2.05) is 0 Å². The van der Waals surface area contributed by atoms with Crippen LogP contribution in [0.2, 0.25) is 0 Å². The van der Waals surface area contributed by atoms with E-state index in [-0.39, 0.29) is 17.4 Å². The van der Waals surface area contributed by atoms with Crippen LogP contribution in [0.25, 0.3) is 10.9 Å². The minimum absolute atomic E-state index is 0.00482. The fraction of sp³-hybridized carbons (Fsp3) is 0.375. The third kappa shape index (κ3) is 4.07. The molecule has 0 fully saturated rings. The maximum absolute atomic E-state index is 11.6. The number of rotatable bonds is 7. The molecule has 5 heteroatoms. The summed E-state index contributed by atoms with van der Waals surface area (Å²) in [6, 6.07) is 13.3. The number of hydrogen-bond acceptors (Lipinski definition) is 4.